The molecular formula is C30H34F2N8O2. The summed E-state index contributed by atoms with van der Waals surface area (Å²) in [6.45, 7) is 5.01. The summed E-state index contributed by atoms with van der Waals surface area (Å²) in [5.41, 5.74) is 1.71. The van der Waals surface area contributed by atoms with Crippen LogP contribution in [0, 0.1) is 5.82 Å². The average Bonchev–Trinajstić information content (AvgIpc) is 3.73. The van der Waals surface area contributed by atoms with E-state index in [1.54, 1.807) is 23.1 Å². The third-order valence-corrected chi connectivity index (χ3v) is 9.67. The van der Waals surface area contributed by atoms with E-state index in [0.717, 1.165) is 51.0 Å². The van der Waals surface area contributed by atoms with Gasteiger partial charge < -0.3 is 24.5 Å². The first-order valence-corrected chi connectivity index (χ1v) is 15.0. The molecule has 4 aliphatic heterocycles. The molecule has 4 fully saturated rings. The maximum atomic E-state index is 16.6. The lowest BCUT2D eigenvalue weighted by molar-refractivity contribution is 0.107. The fraction of sp³-hybridized carbons (Fsp3) is 0.533. The molecule has 12 heteroatoms. The topological polar surface area (TPSA) is 104 Å². The van der Waals surface area contributed by atoms with E-state index in [0.29, 0.717) is 53.8 Å². The van der Waals surface area contributed by atoms with E-state index in [2.05, 4.69) is 30.1 Å². The van der Waals surface area contributed by atoms with Gasteiger partial charge >= 0.3 is 6.01 Å². The van der Waals surface area contributed by atoms with Crippen molar-refractivity contribution in [2.75, 3.05) is 37.7 Å². The van der Waals surface area contributed by atoms with Gasteiger partial charge in [0.2, 0.25) is 0 Å². The second-order valence-electron chi connectivity index (χ2n) is 12.3. The van der Waals surface area contributed by atoms with Crippen LogP contribution in [0.2, 0.25) is 0 Å². The molecule has 4 aliphatic rings. The standard InChI is InChI=1S/C30H34F2N8O2/c1-2-23-27-21(8-20(41)14-39(27)16-34-23)25-24(32)26-22(10-33-25)28(38-12-18-4-5-19(13-38)35-18)37-29(36-26)42-15-30-6-3-7-40(30)11-17(31)9-30/h8,10,14,16-19,35,41H,2-7,9,11-13,15H2,1H3/t17-,18-,19+,30+/m1/s1. The zero-order valence-electron chi connectivity index (χ0n) is 23.6. The molecule has 0 amide bonds. The third kappa shape index (κ3) is 4.10. The number of halogens is 2. The number of nitrogens with one attached hydrogen (secondary N) is 1. The molecule has 2 bridgehead atoms. The van der Waals surface area contributed by atoms with Crippen LogP contribution in [0.4, 0.5) is 14.6 Å². The minimum Gasteiger partial charge on any atom is -0.506 e. The molecule has 0 unspecified atom stereocenters. The van der Waals surface area contributed by atoms with Gasteiger partial charge in [-0.2, -0.15) is 9.97 Å². The van der Waals surface area contributed by atoms with Gasteiger partial charge in [0.25, 0.3) is 0 Å². The van der Waals surface area contributed by atoms with Crippen LogP contribution in [0.15, 0.2) is 24.8 Å². The molecule has 4 aromatic heterocycles. The quantitative estimate of drug-likeness (QED) is 0.356. The highest BCUT2D eigenvalue weighted by Gasteiger charge is 2.49. The van der Waals surface area contributed by atoms with Gasteiger partial charge in [-0.1, -0.05) is 6.92 Å². The minimum atomic E-state index is -0.875. The van der Waals surface area contributed by atoms with Gasteiger partial charge in [0.15, 0.2) is 5.82 Å². The summed E-state index contributed by atoms with van der Waals surface area (Å²) < 4.78 is 39.0. The van der Waals surface area contributed by atoms with Gasteiger partial charge in [-0.05, 0) is 44.7 Å². The maximum absolute atomic E-state index is 16.6. The second-order valence-corrected chi connectivity index (χ2v) is 12.3. The molecule has 4 atom stereocenters. The van der Waals surface area contributed by atoms with Crippen molar-refractivity contribution < 1.29 is 18.6 Å². The lowest BCUT2D eigenvalue weighted by atomic mass is 9.95. The number of imidazole rings is 1. The summed E-state index contributed by atoms with van der Waals surface area (Å²) in [4.78, 5) is 22.8. The minimum absolute atomic E-state index is 0.0226. The van der Waals surface area contributed by atoms with Gasteiger partial charge in [0, 0.05) is 49.9 Å². The zero-order chi connectivity index (χ0) is 28.6. The van der Waals surface area contributed by atoms with Crippen molar-refractivity contribution in [1.29, 1.82) is 0 Å². The molecular weight excluding hydrogens is 542 g/mol. The number of ether oxygens (including phenoxy) is 1. The highest BCUT2D eigenvalue weighted by molar-refractivity contribution is 5.94. The molecule has 0 spiro atoms. The molecule has 10 nitrogen and oxygen atoms in total. The predicted molar refractivity (Wildman–Crippen MR) is 153 cm³/mol. The predicted octanol–water partition coefficient (Wildman–Crippen LogP) is 3.64. The van der Waals surface area contributed by atoms with Gasteiger partial charge in [-0.15, -0.1) is 0 Å². The molecule has 8 heterocycles. The van der Waals surface area contributed by atoms with Crippen LogP contribution in [-0.2, 0) is 6.42 Å². The highest BCUT2D eigenvalue weighted by Crippen LogP contribution is 2.41. The molecule has 0 radical (unpaired) electrons. The number of anilines is 1. The number of aromatic hydroxyl groups is 1. The van der Waals surface area contributed by atoms with E-state index in [4.69, 9.17) is 9.72 Å². The molecule has 0 saturated carbocycles. The Bertz CT molecular complexity index is 1690. The maximum Gasteiger partial charge on any atom is 0.319 e. The Balaban J connectivity index is 1.25. The lowest BCUT2D eigenvalue weighted by Crippen LogP contribution is -2.51. The van der Waals surface area contributed by atoms with Crippen molar-refractivity contribution in [3.8, 4) is 23.0 Å². The van der Waals surface area contributed by atoms with E-state index in [-0.39, 0.29) is 35.1 Å². The number of aryl methyl sites for hydroxylation is 1. The largest absolute Gasteiger partial charge is 0.506 e. The number of hydrogen-bond acceptors (Lipinski definition) is 9. The number of pyridine rings is 2. The van der Waals surface area contributed by atoms with Crippen molar-refractivity contribution in [3.05, 3.63) is 36.3 Å². The molecule has 0 aromatic carbocycles. The van der Waals surface area contributed by atoms with Crippen molar-refractivity contribution in [2.24, 2.45) is 0 Å². The van der Waals surface area contributed by atoms with E-state index < -0.39 is 12.0 Å². The molecule has 220 valence electrons. The first kappa shape index (κ1) is 26.0. The SMILES string of the molecule is CCc1ncn2cc(O)cc(-c3ncc4c(N5C[C@H]6CC[C@@H](C5)N6)nc(OC[C@@]56CCCN5C[C@H](F)C6)nc4c3F)c12. The van der Waals surface area contributed by atoms with Crippen LogP contribution in [0.1, 0.15) is 44.7 Å². The number of nitrogens with zero attached hydrogens (tertiary/aromatic N) is 7. The Kier molecular flexibility index (Phi) is 6.01. The fourth-order valence-corrected chi connectivity index (χ4v) is 7.76. The van der Waals surface area contributed by atoms with Crippen molar-refractivity contribution in [2.45, 2.75) is 69.2 Å². The summed E-state index contributed by atoms with van der Waals surface area (Å²) >= 11 is 0. The zero-order valence-corrected chi connectivity index (χ0v) is 23.6. The summed E-state index contributed by atoms with van der Waals surface area (Å²) in [5, 5.41) is 14.6. The summed E-state index contributed by atoms with van der Waals surface area (Å²) in [7, 11) is 0. The Morgan fingerprint density at radius 2 is 2.00 bits per heavy atom. The smallest absolute Gasteiger partial charge is 0.319 e. The number of fused-ring (bicyclic) bond motifs is 5. The van der Waals surface area contributed by atoms with Gasteiger partial charge in [0.1, 0.15) is 35.6 Å². The monoisotopic (exact) mass is 576 g/mol. The van der Waals surface area contributed by atoms with E-state index in [1.165, 1.54) is 6.07 Å². The lowest BCUT2D eigenvalue weighted by Gasteiger charge is -2.34. The number of hydrogen-bond donors (Lipinski definition) is 2. The average molecular weight is 577 g/mol. The number of alkyl halides is 1. The fourth-order valence-electron chi connectivity index (χ4n) is 7.76. The number of aromatic nitrogens is 5. The van der Waals surface area contributed by atoms with Gasteiger partial charge in [0.05, 0.1) is 34.7 Å². The van der Waals surface area contributed by atoms with Crippen LogP contribution in [-0.4, -0.2) is 90.9 Å². The first-order chi connectivity index (χ1) is 20.4. The highest BCUT2D eigenvalue weighted by atomic mass is 19.1. The van der Waals surface area contributed by atoms with E-state index in [1.807, 2.05) is 6.92 Å². The molecule has 8 rings (SSSR count). The van der Waals surface area contributed by atoms with E-state index >= 15 is 4.39 Å². The third-order valence-electron chi connectivity index (χ3n) is 9.67. The normalized spacial score (nSPS) is 27.4. The van der Waals surface area contributed by atoms with Crippen molar-refractivity contribution in [3.63, 3.8) is 0 Å². The van der Waals surface area contributed by atoms with Crippen molar-refractivity contribution >= 4 is 22.2 Å². The van der Waals surface area contributed by atoms with Gasteiger partial charge in [-0.3, -0.25) is 9.88 Å². The summed E-state index contributed by atoms with van der Waals surface area (Å²) in [5.74, 6) is -0.0348. The first-order valence-electron chi connectivity index (χ1n) is 15.0. The summed E-state index contributed by atoms with van der Waals surface area (Å²) in [6.07, 6.45) is 9.01. The molecule has 42 heavy (non-hydrogen) atoms. The molecule has 0 aliphatic carbocycles. The molecule has 4 aromatic rings. The molecule has 2 N–H and O–H groups in total. The number of rotatable bonds is 6. The Hall–Kier alpha value is -3.64. The van der Waals surface area contributed by atoms with Gasteiger partial charge in [-0.25, -0.2) is 13.8 Å². The number of piperazine rings is 1. The van der Waals surface area contributed by atoms with Crippen LogP contribution in [0.25, 0.3) is 27.7 Å². The second kappa shape index (κ2) is 9.70. The van der Waals surface area contributed by atoms with Crippen LogP contribution < -0.4 is 15.0 Å². The van der Waals surface area contributed by atoms with Crippen LogP contribution in [0.5, 0.6) is 11.8 Å². The molecule has 4 saturated heterocycles. The van der Waals surface area contributed by atoms with Crippen LogP contribution >= 0.6 is 0 Å². The Morgan fingerprint density at radius 3 is 2.81 bits per heavy atom. The van der Waals surface area contributed by atoms with E-state index in [9.17, 15) is 9.50 Å². The van der Waals surface area contributed by atoms with Crippen LogP contribution in [0.3, 0.4) is 0 Å². The Morgan fingerprint density at radius 1 is 1.17 bits per heavy atom. The van der Waals surface area contributed by atoms with Crippen molar-refractivity contribution in [1.82, 2.24) is 34.6 Å². The Labute approximate surface area is 241 Å². The summed E-state index contributed by atoms with van der Waals surface area (Å²) in [6, 6.07) is 2.29.